The van der Waals surface area contributed by atoms with E-state index in [-0.39, 0.29) is 0 Å². The van der Waals surface area contributed by atoms with Crippen molar-refractivity contribution in [2.24, 2.45) is 0 Å². The van der Waals surface area contributed by atoms with Gasteiger partial charge in [0.15, 0.2) is 0 Å². The fraction of sp³-hybridized carbons (Fsp3) is 0.600. The van der Waals surface area contributed by atoms with Crippen LogP contribution in [0.1, 0.15) is 12.5 Å². The number of benzene rings is 1. The minimum atomic E-state index is 0.769. The summed E-state index contributed by atoms with van der Waals surface area (Å²) in [7, 11) is 0. The third-order valence-electron chi connectivity index (χ3n) is 4.04. The predicted molar refractivity (Wildman–Crippen MR) is 77.8 cm³/mol. The van der Waals surface area contributed by atoms with Crippen LogP contribution in [-0.4, -0.2) is 55.7 Å². The van der Waals surface area contributed by atoms with E-state index in [0.29, 0.717) is 0 Å². The van der Waals surface area contributed by atoms with E-state index < -0.39 is 0 Å². The monoisotopic (exact) mass is 261 g/mol. The fourth-order valence-corrected chi connectivity index (χ4v) is 2.81. The van der Waals surface area contributed by atoms with Gasteiger partial charge in [0, 0.05) is 39.3 Å². The number of rotatable bonds is 3. The van der Waals surface area contributed by atoms with Crippen LogP contribution in [0.5, 0.6) is 5.75 Å². The lowest BCUT2D eigenvalue weighted by Gasteiger charge is -2.34. The molecule has 0 aromatic heterocycles. The lowest BCUT2D eigenvalue weighted by molar-refractivity contribution is 0.132. The summed E-state index contributed by atoms with van der Waals surface area (Å²) in [6.45, 7) is 10.9. The van der Waals surface area contributed by atoms with Gasteiger partial charge in [0.2, 0.25) is 0 Å². The lowest BCUT2D eigenvalue weighted by atomic mass is 10.1. The number of anilines is 1. The maximum atomic E-state index is 5.61. The molecule has 0 radical (unpaired) electrons. The maximum absolute atomic E-state index is 5.61. The van der Waals surface area contributed by atoms with Crippen LogP contribution in [0.3, 0.4) is 0 Å². The Bertz CT molecular complexity index is 427. The molecule has 2 aliphatic rings. The first kappa shape index (κ1) is 12.8. The van der Waals surface area contributed by atoms with Crippen molar-refractivity contribution in [2.75, 3.05) is 51.2 Å². The number of fused-ring (bicyclic) bond motifs is 1. The molecule has 3 rings (SSSR count). The molecule has 2 aliphatic heterocycles. The lowest BCUT2D eigenvalue weighted by Crippen LogP contribution is -2.45. The van der Waals surface area contributed by atoms with Crippen LogP contribution in [0, 0.1) is 0 Å². The van der Waals surface area contributed by atoms with E-state index in [1.165, 1.54) is 38.3 Å². The summed E-state index contributed by atoms with van der Waals surface area (Å²) in [6.07, 6.45) is 0. The van der Waals surface area contributed by atoms with Crippen molar-refractivity contribution in [3.05, 3.63) is 23.8 Å². The number of hydrogen-bond acceptors (Lipinski definition) is 4. The molecule has 0 unspecified atom stereocenters. The molecule has 19 heavy (non-hydrogen) atoms. The first-order valence-electron chi connectivity index (χ1n) is 7.29. The zero-order valence-corrected chi connectivity index (χ0v) is 11.7. The second-order valence-corrected chi connectivity index (χ2v) is 5.32. The number of ether oxygens (including phenoxy) is 1. The normalized spacial score (nSPS) is 20.5. The van der Waals surface area contributed by atoms with Crippen LogP contribution in [0.15, 0.2) is 18.2 Å². The topological polar surface area (TPSA) is 27.7 Å². The van der Waals surface area contributed by atoms with Crippen molar-refractivity contribution < 1.29 is 4.74 Å². The van der Waals surface area contributed by atoms with Crippen molar-refractivity contribution in [3.8, 4) is 5.75 Å². The number of likely N-dealkylation sites (N-methyl/N-ethyl adjacent to an activating group) is 1. The zero-order valence-electron chi connectivity index (χ0n) is 11.7. The molecule has 1 aromatic carbocycles. The Morgan fingerprint density at radius 3 is 2.74 bits per heavy atom. The molecular formula is C15H23N3O. The van der Waals surface area contributed by atoms with Gasteiger partial charge < -0.3 is 15.0 Å². The van der Waals surface area contributed by atoms with Crippen LogP contribution >= 0.6 is 0 Å². The Morgan fingerprint density at radius 2 is 1.95 bits per heavy atom. The van der Waals surface area contributed by atoms with E-state index in [1.54, 1.807) is 0 Å². The Hall–Kier alpha value is -1.26. The summed E-state index contributed by atoms with van der Waals surface area (Å²) in [5.74, 6) is 0.991. The summed E-state index contributed by atoms with van der Waals surface area (Å²) in [5, 5.41) is 3.40. The number of hydrogen-bond donors (Lipinski definition) is 1. The van der Waals surface area contributed by atoms with E-state index in [4.69, 9.17) is 4.74 Å². The smallest absolute Gasteiger partial charge is 0.142 e. The molecule has 4 nitrogen and oxygen atoms in total. The molecule has 1 fully saturated rings. The molecule has 1 saturated heterocycles. The highest BCUT2D eigenvalue weighted by Gasteiger charge is 2.16. The summed E-state index contributed by atoms with van der Waals surface area (Å²) in [5.41, 5.74) is 2.53. The van der Waals surface area contributed by atoms with Gasteiger partial charge in [0.25, 0.3) is 0 Å². The molecule has 4 heteroatoms. The zero-order chi connectivity index (χ0) is 13.1. The van der Waals surface area contributed by atoms with Gasteiger partial charge in [-0.15, -0.1) is 0 Å². The summed E-state index contributed by atoms with van der Waals surface area (Å²) < 4.78 is 5.61. The van der Waals surface area contributed by atoms with Crippen LogP contribution in [0.2, 0.25) is 0 Å². The van der Waals surface area contributed by atoms with Crippen LogP contribution in [0.4, 0.5) is 5.69 Å². The third kappa shape index (κ3) is 3.01. The Balaban J connectivity index is 1.61. The van der Waals surface area contributed by atoms with Gasteiger partial charge in [-0.1, -0.05) is 13.0 Å². The molecule has 104 valence electrons. The van der Waals surface area contributed by atoms with Crippen LogP contribution in [0.25, 0.3) is 0 Å². The van der Waals surface area contributed by atoms with Gasteiger partial charge >= 0.3 is 0 Å². The molecule has 1 N–H and O–H groups in total. The molecule has 0 bridgehead atoms. The molecule has 0 atom stereocenters. The van der Waals surface area contributed by atoms with Crippen molar-refractivity contribution in [1.82, 2.24) is 9.80 Å². The average molecular weight is 261 g/mol. The van der Waals surface area contributed by atoms with Gasteiger partial charge in [-0.25, -0.2) is 0 Å². The van der Waals surface area contributed by atoms with Crippen molar-refractivity contribution >= 4 is 5.69 Å². The van der Waals surface area contributed by atoms with E-state index in [9.17, 15) is 0 Å². The van der Waals surface area contributed by atoms with Gasteiger partial charge in [-0.3, -0.25) is 4.90 Å². The van der Waals surface area contributed by atoms with Crippen LogP contribution < -0.4 is 10.1 Å². The SMILES string of the molecule is CCN1CCN(Cc2ccc3c(c2)NCCO3)CC1. The van der Waals surface area contributed by atoms with Crippen LogP contribution in [-0.2, 0) is 6.54 Å². The Morgan fingerprint density at radius 1 is 1.16 bits per heavy atom. The second kappa shape index (κ2) is 5.80. The molecule has 0 spiro atoms. The molecule has 0 amide bonds. The minimum absolute atomic E-state index is 0.769. The van der Waals surface area contributed by atoms with E-state index >= 15 is 0 Å². The van der Waals surface area contributed by atoms with Crippen molar-refractivity contribution in [2.45, 2.75) is 13.5 Å². The van der Waals surface area contributed by atoms with Gasteiger partial charge in [0.1, 0.15) is 12.4 Å². The predicted octanol–water partition coefficient (Wildman–Crippen LogP) is 1.63. The molecular weight excluding hydrogens is 238 g/mol. The largest absolute Gasteiger partial charge is 0.490 e. The first-order valence-corrected chi connectivity index (χ1v) is 7.29. The maximum Gasteiger partial charge on any atom is 0.142 e. The van der Waals surface area contributed by atoms with E-state index in [0.717, 1.165) is 31.1 Å². The quantitative estimate of drug-likeness (QED) is 0.895. The number of piperazine rings is 1. The number of nitrogens with zero attached hydrogens (tertiary/aromatic N) is 2. The summed E-state index contributed by atoms with van der Waals surface area (Å²) >= 11 is 0. The van der Waals surface area contributed by atoms with Gasteiger partial charge in [0.05, 0.1) is 5.69 Å². The van der Waals surface area contributed by atoms with E-state index in [1.807, 2.05) is 0 Å². The molecule has 1 aromatic rings. The van der Waals surface area contributed by atoms with Gasteiger partial charge in [-0.2, -0.15) is 0 Å². The third-order valence-corrected chi connectivity index (χ3v) is 4.04. The Labute approximate surface area is 115 Å². The molecule has 2 heterocycles. The van der Waals surface area contributed by atoms with Crippen molar-refractivity contribution in [3.63, 3.8) is 0 Å². The minimum Gasteiger partial charge on any atom is -0.490 e. The Kier molecular flexibility index (Phi) is 3.89. The number of nitrogens with one attached hydrogen (secondary N) is 1. The highest BCUT2D eigenvalue weighted by atomic mass is 16.5. The van der Waals surface area contributed by atoms with Crippen molar-refractivity contribution in [1.29, 1.82) is 0 Å². The second-order valence-electron chi connectivity index (χ2n) is 5.32. The average Bonchev–Trinajstić information content (AvgIpc) is 2.48. The molecule has 0 aliphatic carbocycles. The first-order chi connectivity index (χ1) is 9.35. The summed E-state index contributed by atoms with van der Waals surface area (Å²) in [6, 6.07) is 6.53. The highest BCUT2D eigenvalue weighted by Crippen LogP contribution is 2.28. The standard InChI is InChI=1S/C15H23N3O/c1-2-17-6-8-18(9-7-17)12-13-3-4-15-14(11-13)16-5-10-19-15/h3-4,11,16H,2,5-10,12H2,1H3. The highest BCUT2D eigenvalue weighted by molar-refractivity contribution is 5.59. The van der Waals surface area contributed by atoms with Gasteiger partial charge in [-0.05, 0) is 24.2 Å². The molecule has 0 saturated carbocycles. The fourth-order valence-electron chi connectivity index (χ4n) is 2.81. The van der Waals surface area contributed by atoms with E-state index in [2.05, 4.69) is 40.2 Å². The summed E-state index contributed by atoms with van der Waals surface area (Å²) in [4.78, 5) is 5.05.